The number of fused-ring (bicyclic) bond motifs is 2. The zero-order chi connectivity index (χ0) is 26.6. The second kappa shape index (κ2) is 9.24. The third-order valence-electron chi connectivity index (χ3n) is 7.42. The van der Waals surface area contributed by atoms with Crippen molar-refractivity contribution in [2.45, 2.75) is 45.1 Å². The fourth-order valence-electron chi connectivity index (χ4n) is 5.82. The van der Waals surface area contributed by atoms with E-state index in [4.69, 9.17) is 14.6 Å². The predicted octanol–water partition coefficient (Wildman–Crippen LogP) is 5.32. The Hall–Kier alpha value is -4.27. The van der Waals surface area contributed by atoms with Gasteiger partial charge in [0.2, 0.25) is 5.82 Å². The minimum Gasteiger partial charge on any atom is -0.492 e. The van der Waals surface area contributed by atoms with Crippen LogP contribution >= 0.6 is 0 Å². The SMILES string of the molecule is Cc1cc(-c2nnn(C)n2)cc(C)c1-c1ccc(F)c2c1CC[C@H]2Oc1ccc2c(c1)OC[C@H]2CC(=O)O. The van der Waals surface area contributed by atoms with Crippen LogP contribution in [0.3, 0.4) is 0 Å². The summed E-state index contributed by atoms with van der Waals surface area (Å²) in [5.41, 5.74) is 7.50. The van der Waals surface area contributed by atoms with E-state index >= 15 is 4.39 Å². The molecule has 3 aromatic carbocycles. The Kier molecular flexibility index (Phi) is 5.86. The van der Waals surface area contributed by atoms with Crippen LogP contribution in [-0.2, 0) is 18.3 Å². The molecule has 0 saturated heterocycles. The smallest absolute Gasteiger partial charge is 0.304 e. The zero-order valence-corrected chi connectivity index (χ0v) is 21.4. The molecule has 0 fully saturated rings. The molecule has 9 heteroatoms. The lowest BCUT2D eigenvalue weighted by atomic mass is 9.89. The van der Waals surface area contributed by atoms with E-state index in [1.54, 1.807) is 13.1 Å². The molecule has 1 aromatic heterocycles. The van der Waals surface area contributed by atoms with Crippen molar-refractivity contribution in [1.82, 2.24) is 20.2 Å². The minimum atomic E-state index is -0.855. The molecule has 0 amide bonds. The number of aromatic nitrogens is 4. The molecule has 2 aliphatic rings. The van der Waals surface area contributed by atoms with E-state index < -0.39 is 12.1 Å². The number of aliphatic carboxylic acids is 1. The van der Waals surface area contributed by atoms with E-state index in [1.807, 2.05) is 44.2 Å². The van der Waals surface area contributed by atoms with Crippen molar-refractivity contribution >= 4 is 5.97 Å². The van der Waals surface area contributed by atoms with Gasteiger partial charge in [-0.15, -0.1) is 10.2 Å². The highest BCUT2D eigenvalue weighted by Crippen LogP contribution is 2.45. The van der Waals surface area contributed by atoms with Crippen LogP contribution in [0.1, 0.15) is 52.7 Å². The van der Waals surface area contributed by atoms with Crippen LogP contribution in [0, 0.1) is 19.7 Å². The first-order chi connectivity index (χ1) is 18.3. The van der Waals surface area contributed by atoms with E-state index in [2.05, 4.69) is 15.4 Å². The van der Waals surface area contributed by atoms with E-state index in [0.717, 1.165) is 38.9 Å². The number of tetrazole rings is 1. The highest BCUT2D eigenvalue weighted by atomic mass is 19.1. The van der Waals surface area contributed by atoms with Crippen molar-refractivity contribution < 1.29 is 23.8 Å². The third kappa shape index (κ3) is 4.17. The Morgan fingerprint density at radius 1 is 1.18 bits per heavy atom. The minimum absolute atomic E-state index is 0.0201. The Labute approximate surface area is 219 Å². The van der Waals surface area contributed by atoms with Crippen LogP contribution in [0.25, 0.3) is 22.5 Å². The third-order valence-corrected chi connectivity index (χ3v) is 7.42. The number of benzene rings is 3. The maximum absolute atomic E-state index is 15.2. The lowest BCUT2D eigenvalue weighted by Gasteiger charge is -2.19. The van der Waals surface area contributed by atoms with Gasteiger partial charge in [0.15, 0.2) is 0 Å². The maximum Gasteiger partial charge on any atom is 0.304 e. The van der Waals surface area contributed by atoms with Crippen molar-refractivity contribution in [2.24, 2.45) is 7.05 Å². The van der Waals surface area contributed by atoms with Gasteiger partial charge in [-0.1, -0.05) is 12.1 Å². The van der Waals surface area contributed by atoms with Crippen molar-refractivity contribution in [3.63, 3.8) is 0 Å². The van der Waals surface area contributed by atoms with Crippen LogP contribution in [-0.4, -0.2) is 37.9 Å². The molecule has 0 radical (unpaired) electrons. The van der Waals surface area contributed by atoms with E-state index in [9.17, 15) is 4.79 Å². The van der Waals surface area contributed by atoms with E-state index in [1.165, 1.54) is 10.9 Å². The molecule has 8 nitrogen and oxygen atoms in total. The highest BCUT2D eigenvalue weighted by Gasteiger charge is 2.32. The van der Waals surface area contributed by atoms with Gasteiger partial charge in [-0.2, -0.15) is 4.80 Å². The first-order valence-corrected chi connectivity index (χ1v) is 12.6. The van der Waals surface area contributed by atoms with E-state index in [0.29, 0.717) is 42.3 Å². The molecular formula is C29H27FN4O4. The Morgan fingerprint density at radius 3 is 2.68 bits per heavy atom. The topological polar surface area (TPSA) is 99.4 Å². The highest BCUT2D eigenvalue weighted by molar-refractivity contribution is 5.78. The lowest BCUT2D eigenvalue weighted by Crippen LogP contribution is -2.07. The molecule has 1 aliphatic carbocycles. The lowest BCUT2D eigenvalue weighted by molar-refractivity contribution is -0.137. The van der Waals surface area contributed by atoms with Crippen LogP contribution in [0.15, 0.2) is 42.5 Å². The Bertz CT molecular complexity index is 1560. The molecule has 2 atom stereocenters. The molecule has 0 spiro atoms. The summed E-state index contributed by atoms with van der Waals surface area (Å²) in [6.45, 7) is 4.42. The van der Waals surface area contributed by atoms with Crippen LogP contribution in [0.4, 0.5) is 4.39 Å². The summed E-state index contributed by atoms with van der Waals surface area (Å²) >= 11 is 0. The average molecular weight is 515 g/mol. The molecule has 6 rings (SSSR count). The quantitative estimate of drug-likeness (QED) is 0.372. The van der Waals surface area contributed by atoms with Crippen molar-refractivity contribution in [3.05, 3.63) is 76.1 Å². The molecule has 4 aromatic rings. The summed E-state index contributed by atoms with van der Waals surface area (Å²) in [6.07, 6.45) is 0.944. The number of carboxylic acid groups (broad SMARTS) is 1. The molecule has 38 heavy (non-hydrogen) atoms. The number of carbonyl (C=O) groups is 1. The fraction of sp³-hybridized carbons (Fsp3) is 0.310. The molecule has 2 heterocycles. The number of hydrogen-bond acceptors (Lipinski definition) is 6. The number of aryl methyl sites for hydroxylation is 3. The molecular weight excluding hydrogens is 487 g/mol. The van der Waals surface area contributed by atoms with Crippen molar-refractivity contribution in [1.29, 1.82) is 0 Å². The summed E-state index contributed by atoms with van der Waals surface area (Å²) in [6, 6.07) is 12.9. The maximum atomic E-state index is 15.2. The molecule has 0 bridgehead atoms. The summed E-state index contributed by atoms with van der Waals surface area (Å²) in [4.78, 5) is 12.6. The Balaban J connectivity index is 1.31. The monoisotopic (exact) mass is 514 g/mol. The number of nitrogens with zero attached hydrogens (tertiary/aromatic N) is 4. The summed E-state index contributed by atoms with van der Waals surface area (Å²) in [5.74, 6) is 0.467. The average Bonchev–Trinajstić information content (AvgIpc) is 3.59. The molecule has 0 unspecified atom stereocenters. The standard InChI is InChI=1S/C29H27FN4O4/c1-15-10-17(29-31-33-34(3)32-29)11-16(2)27(15)21-6-8-23(30)28-22(21)7-9-24(28)38-19-4-5-20-18(12-26(35)36)14-37-25(20)13-19/h4-6,8,10-11,13,18,24H,7,9,12,14H2,1-3H3,(H,35,36)/t18-,24-/m1/s1. The summed E-state index contributed by atoms with van der Waals surface area (Å²) in [7, 11) is 1.73. The normalized spacial score (nSPS) is 17.7. The first kappa shape index (κ1) is 24.1. The van der Waals surface area contributed by atoms with Crippen LogP contribution in [0.2, 0.25) is 0 Å². The number of halogens is 1. The van der Waals surface area contributed by atoms with Gasteiger partial charge in [0, 0.05) is 28.7 Å². The van der Waals surface area contributed by atoms with Crippen molar-refractivity contribution in [2.75, 3.05) is 6.61 Å². The van der Waals surface area contributed by atoms with Gasteiger partial charge in [-0.25, -0.2) is 4.39 Å². The fourth-order valence-corrected chi connectivity index (χ4v) is 5.82. The van der Waals surface area contributed by atoms with Gasteiger partial charge in [0.1, 0.15) is 23.4 Å². The van der Waals surface area contributed by atoms with Gasteiger partial charge in [0.05, 0.1) is 20.1 Å². The van der Waals surface area contributed by atoms with E-state index in [-0.39, 0.29) is 18.2 Å². The van der Waals surface area contributed by atoms with Gasteiger partial charge in [-0.05, 0) is 84.0 Å². The largest absolute Gasteiger partial charge is 0.492 e. The number of rotatable bonds is 6. The first-order valence-electron chi connectivity index (χ1n) is 12.6. The second-order valence-electron chi connectivity index (χ2n) is 10.0. The van der Waals surface area contributed by atoms with Gasteiger partial charge in [0.25, 0.3) is 0 Å². The van der Waals surface area contributed by atoms with Crippen molar-refractivity contribution in [3.8, 4) is 34.0 Å². The summed E-state index contributed by atoms with van der Waals surface area (Å²) in [5, 5.41) is 21.5. The molecule has 0 saturated carbocycles. The predicted molar refractivity (Wildman–Crippen MR) is 138 cm³/mol. The molecule has 194 valence electrons. The summed E-state index contributed by atoms with van der Waals surface area (Å²) < 4.78 is 27.3. The molecule has 1 aliphatic heterocycles. The Morgan fingerprint density at radius 2 is 1.97 bits per heavy atom. The number of hydrogen-bond donors (Lipinski definition) is 1. The van der Waals surface area contributed by atoms with Crippen LogP contribution in [0.5, 0.6) is 11.5 Å². The van der Waals surface area contributed by atoms with Gasteiger partial charge >= 0.3 is 5.97 Å². The number of ether oxygens (including phenoxy) is 2. The van der Waals surface area contributed by atoms with Gasteiger partial charge < -0.3 is 14.6 Å². The molecule has 1 N–H and O–H groups in total. The number of carboxylic acids is 1. The van der Waals surface area contributed by atoms with Gasteiger partial charge in [-0.3, -0.25) is 4.79 Å². The van der Waals surface area contributed by atoms with Crippen LogP contribution < -0.4 is 9.47 Å². The zero-order valence-electron chi connectivity index (χ0n) is 21.4. The second-order valence-corrected chi connectivity index (χ2v) is 10.0.